The van der Waals surface area contributed by atoms with Crippen LogP contribution in [0, 0.1) is 0 Å². The minimum Gasteiger partial charge on any atom is -0.370 e. The fourth-order valence-electron chi connectivity index (χ4n) is 4.76. The van der Waals surface area contributed by atoms with Gasteiger partial charge in [-0.05, 0) is 58.8 Å². The van der Waals surface area contributed by atoms with Gasteiger partial charge in [0.25, 0.3) is 0 Å². The quantitative estimate of drug-likeness (QED) is 0.512. The molecule has 2 atom stereocenters. The first kappa shape index (κ1) is 19.4. The van der Waals surface area contributed by atoms with E-state index >= 15 is 0 Å². The highest BCUT2D eigenvalue weighted by molar-refractivity contribution is 5.86. The Morgan fingerprint density at radius 3 is 2.42 bits per heavy atom. The number of fused-ring (bicyclic) bond motifs is 1. The van der Waals surface area contributed by atoms with Gasteiger partial charge in [0, 0.05) is 25.9 Å². The number of nitrogens with zero attached hydrogens (tertiary/aromatic N) is 2. The van der Waals surface area contributed by atoms with Crippen LogP contribution in [0.4, 0.5) is 0 Å². The molecule has 3 aromatic carbocycles. The number of aromatic nitrogens is 1. The minimum absolute atomic E-state index is 0.451. The van der Waals surface area contributed by atoms with Gasteiger partial charge in [-0.15, -0.1) is 0 Å². The number of nitrogens with one attached hydrogen (secondary N) is 1. The van der Waals surface area contributed by atoms with Crippen molar-refractivity contribution >= 4 is 16.9 Å². The van der Waals surface area contributed by atoms with Gasteiger partial charge in [0.05, 0.1) is 0 Å². The minimum atomic E-state index is -0.809. The van der Waals surface area contributed by atoms with E-state index in [1.54, 1.807) is 7.11 Å². The smallest absolute Gasteiger partial charge is 0.194 e. The molecule has 1 aliphatic rings. The summed E-state index contributed by atoms with van der Waals surface area (Å²) in [6.45, 7) is 2.04. The number of hydrogen-bond acceptors (Lipinski definition) is 4. The number of guanidine groups is 1. The second-order valence-corrected chi connectivity index (χ2v) is 8.15. The summed E-state index contributed by atoms with van der Waals surface area (Å²) in [6.07, 6.45) is 1.96. The van der Waals surface area contributed by atoms with Gasteiger partial charge in [-0.1, -0.05) is 54.6 Å². The lowest BCUT2D eigenvalue weighted by Gasteiger charge is -2.44. The number of ether oxygens (including phenoxy) is 1. The fraction of sp³-hybridized carbons (Fsp3) is 0.192. The van der Waals surface area contributed by atoms with Crippen molar-refractivity contribution in [3.63, 3.8) is 0 Å². The number of aromatic amines is 1. The van der Waals surface area contributed by atoms with Gasteiger partial charge in [-0.2, -0.15) is 0 Å². The fourth-order valence-corrected chi connectivity index (χ4v) is 4.76. The van der Waals surface area contributed by atoms with Crippen LogP contribution >= 0.6 is 0 Å². The molecule has 5 rings (SSSR count). The van der Waals surface area contributed by atoms with Gasteiger partial charge >= 0.3 is 0 Å². The third-order valence-electron chi connectivity index (χ3n) is 6.69. The Balaban J connectivity index is 1.74. The van der Waals surface area contributed by atoms with Gasteiger partial charge in [0.1, 0.15) is 0 Å². The number of likely N-dealkylation sites (N-methyl/N-ethyl adjacent to an activating group) is 1. The molecule has 0 fully saturated rings. The lowest BCUT2D eigenvalue weighted by Crippen LogP contribution is -2.57. The summed E-state index contributed by atoms with van der Waals surface area (Å²) >= 11 is 0. The Morgan fingerprint density at radius 1 is 0.903 bits per heavy atom. The Morgan fingerprint density at radius 2 is 1.65 bits per heavy atom. The van der Waals surface area contributed by atoms with Crippen molar-refractivity contribution in [3.05, 3.63) is 96.2 Å². The molecular formula is C26H26N4O. The van der Waals surface area contributed by atoms with E-state index in [-0.39, 0.29) is 0 Å². The predicted molar refractivity (Wildman–Crippen MR) is 126 cm³/mol. The Bertz CT molecular complexity index is 1280. The number of benzene rings is 3. The lowest BCUT2D eigenvalue weighted by molar-refractivity contribution is -0.110. The molecule has 5 nitrogen and oxygen atoms in total. The molecule has 1 aliphatic heterocycles. The van der Waals surface area contributed by atoms with Crippen LogP contribution in [-0.4, -0.2) is 35.7 Å². The molecule has 0 saturated heterocycles. The molecule has 0 bridgehead atoms. The molecule has 31 heavy (non-hydrogen) atoms. The monoisotopic (exact) mass is 410 g/mol. The van der Waals surface area contributed by atoms with E-state index in [1.807, 2.05) is 43.3 Å². The Hall–Kier alpha value is -3.57. The maximum absolute atomic E-state index is 6.37. The molecule has 1 aromatic heterocycles. The Labute approximate surface area is 182 Å². The van der Waals surface area contributed by atoms with Gasteiger partial charge in [0.2, 0.25) is 0 Å². The van der Waals surface area contributed by atoms with Crippen molar-refractivity contribution in [2.75, 3.05) is 14.2 Å². The lowest BCUT2D eigenvalue weighted by atomic mass is 9.75. The summed E-state index contributed by atoms with van der Waals surface area (Å²) < 4.78 is 6.13. The topological polar surface area (TPSA) is 66.6 Å². The molecular weight excluding hydrogens is 384 g/mol. The van der Waals surface area contributed by atoms with E-state index in [0.29, 0.717) is 5.96 Å². The van der Waals surface area contributed by atoms with Crippen molar-refractivity contribution in [3.8, 4) is 11.1 Å². The maximum atomic E-state index is 6.37. The summed E-state index contributed by atoms with van der Waals surface area (Å²) in [5.41, 5.74) is 10.2. The van der Waals surface area contributed by atoms with Crippen molar-refractivity contribution in [1.82, 2.24) is 9.88 Å². The number of methoxy groups -OCH3 is 1. The second-order valence-electron chi connectivity index (χ2n) is 8.15. The van der Waals surface area contributed by atoms with E-state index in [1.165, 1.54) is 5.39 Å². The van der Waals surface area contributed by atoms with Gasteiger partial charge in [-0.25, -0.2) is 4.99 Å². The zero-order valence-corrected chi connectivity index (χ0v) is 18.0. The van der Waals surface area contributed by atoms with E-state index in [9.17, 15) is 0 Å². The van der Waals surface area contributed by atoms with E-state index in [0.717, 1.165) is 27.8 Å². The summed E-state index contributed by atoms with van der Waals surface area (Å²) in [6, 6.07) is 27.3. The predicted octanol–water partition coefficient (Wildman–Crippen LogP) is 4.70. The zero-order valence-electron chi connectivity index (χ0n) is 18.0. The molecule has 4 aromatic rings. The normalized spacial score (nSPS) is 23.3. The van der Waals surface area contributed by atoms with Crippen LogP contribution in [-0.2, 0) is 10.3 Å². The summed E-state index contributed by atoms with van der Waals surface area (Å²) in [5, 5.41) is 1.19. The van der Waals surface area contributed by atoms with Gasteiger partial charge < -0.3 is 20.4 Å². The standard InChI is InChI=1S/C26H26N4O/c1-25(31-3)26(29-24(27)30(25)2,21-9-5-4-6-10-21)22-11-7-8-18(17-22)19-12-13-23-20(16-19)14-15-28-23/h4-17,28H,1-3H3,(H2,27,29). The molecule has 5 heteroatoms. The first-order chi connectivity index (χ1) is 15.0. The SMILES string of the molecule is COC1(C)N(C)C(N)=NC1(c1ccccc1)c1cccc(-c2ccc3[nH]ccc3c2)c1. The van der Waals surface area contributed by atoms with Crippen molar-refractivity contribution in [1.29, 1.82) is 0 Å². The molecule has 0 aliphatic carbocycles. The first-order valence-electron chi connectivity index (χ1n) is 10.4. The molecule has 0 saturated carbocycles. The Kier molecular flexibility index (Phi) is 4.38. The van der Waals surface area contributed by atoms with Crippen LogP contribution in [0.25, 0.3) is 22.0 Å². The van der Waals surface area contributed by atoms with Gasteiger partial charge in [0.15, 0.2) is 17.2 Å². The number of hydrogen-bond donors (Lipinski definition) is 2. The molecule has 3 N–H and O–H groups in total. The third-order valence-corrected chi connectivity index (χ3v) is 6.69. The largest absolute Gasteiger partial charge is 0.370 e. The van der Waals surface area contributed by atoms with Crippen molar-refractivity contribution in [2.45, 2.75) is 18.2 Å². The van der Waals surface area contributed by atoms with Crippen LogP contribution in [0.15, 0.2) is 90.1 Å². The summed E-state index contributed by atoms with van der Waals surface area (Å²) in [5.74, 6) is 0.451. The molecule has 156 valence electrons. The molecule has 0 spiro atoms. The number of nitrogens with two attached hydrogens (primary N) is 1. The van der Waals surface area contributed by atoms with Crippen LogP contribution in [0.3, 0.4) is 0 Å². The first-order valence-corrected chi connectivity index (χ1v) is 10.4. The highest BCUT2D eigenvalue weighted by Gasteiger charge is 2.59. The number of H-pyrrole nitrogens is 1. The number of rotatable bonds is 4. The summed E-state index contributed by atoms with van der Waals surface area (Å²) in [4.78, 5) is 10.2. The van der Waals surface area contributed by atoms with E-state index in [2.05, 4.69) is 65.6 Å². The van der Waals surface area contributed by atoms with E-state index < -0.39 is 11.3 Å². The highest BCUT2D eigenvalue weighted by Crippen LogP contribution is 2.50. The second kappa shape index (κ2) is 7.00. The van der Waals surface area contributed by atoms with Crippen molar-refractivity contribution in [2.24, 2.45) is 10.7 Å². The third kappa shape index (κ3) is 2.70. The highest BCUT2D eigenvalue weighted by atomic mass is 16.5. The van der Waals surface area contributed by atoms with E-state index in [4.69, 9.17) is 15.5 Å². The van der Waals surface area contributed by atoms with Crippen molar-refractivity contribution < 1.29 is 4.74 Å². The summed E-state index contributed by atoms with van der Waals surface area (Å²) in [7, 11) is 3.64. The van der Waals surface area contributed by atoms with Crippen LogP contribution in [0.5, 0.6) is 0 Å². The van der Waals surface area contributed by atoms with Crippen LogP contribution in [0.2, 0.25) is 0 Å². The average Bonchev–Trinajstić information content (AvgIpc) is 3.37. The van der Waals surface area contributed by atoms with Crippen LogP contribution in [0.1, 0.15) is 18.1 Å². The zero-order chi connectivity index (χ0) is 21.6. The molecule has 2 heterocycles. The number of aliphatic imine (C=N–C) groups is 1. The molecule has 0 radical (unpaired) electrons. The molecule has 0 amide bonds. The molecule has 2 unspecified atom stereocenters. The van der Waals surface area contributed by atoms with Crippen LogP contribution < -0.4 is 5.73 Å². The average molecular weight is 411 g/mol. The van der Waals surface area contributed by atoms with Gasteiger partial charge in [-0.3, -0.25) is 0 Å². The maximum Gasteiger partial charge on any atom is 0.194 e.